The van der Waals surface area contributed by atoms with Gasteiger partial charge in [-0.05, 0) is 19.3 Å². The molecule has 2 fully saturated rings. The van der Waals surface area contributed by atoms with Crippen LogP contribution in [-0.2, 0) is 9.47 Å². The lowest BCUT2D eigenvalue weighted by Gasteiger charge is -2.16. The van der Waals surface area contributed by atoms with Crippen LogP contribution in [0.5, 0.6) is 0 Å². The van der Waals surface area contributed by atoms with Gasteiger partial charge in [-0.15, -0.1) is 0 Å². The predicted octanol–water partition coefficient (Wildman–Crippen LogP) is 2.22. The van der Waals surface area contributed by atoms with E-state index in [1.54, 1.807) is 0 Å². The highest BCUT2D eigenvalue weighted by Crippen LogP contribution is 2.47. The van der Waals surface area contributed by atoms with Gasteiger partial charge < -0.3 is 9.47 Å². The van der Waals surface area contributed by atoms with Gasteiger partial charge in [0.05, 0.1) is 24.4 Å². The van der Waals surface area contributed by atoms with Gasteiger partial charge in [0, 0.05) is 5.92 Å². The molecule has 0 aliphatic carbocycles. The Morgan fingerprint density at radius 1 is 1.38 bits per heavy atom. The second-order valence-corrected chi connectivity index (χ2v) is 4.93. The number of ether oxygens (including phenoxy) is 2. The van der Waals surface area contributed by atoms with Crippen molar-refractivity contribution in [3.63, 3.8) is 0 Å². The molecule has 2 heteroatoms. The lowest BCUT2D eigenvalue weighted by atomic mass is 9.86. The molecule has 4 atom stereocenters. The lowest BCUT2D eigenvalue weighted by molar-refractivity contribution is 0.188. The Morgan fingerprint density at radius 2 is 2.00 bits per heavy atom. The van der Waals surface area contributed by atoms with E-state index < -0.39 is 0 Å². The molecule has 2 aliphatic heterocycles. The molecule has 2 heterocycles. The molecule has 0 aromatic heterocycles. The lowest BCUT2D eigenvalue weighted by Crippen LogP contribution is -2.27. The Kier molecular flexibility index (Phi) is 2.16. The number of epoxide rings is 2. The van der Waals surface area contributed by atoms with Crippen molar-refractivity contribution in [1.82, 2.24) is 0 Å². The van der Waals surface area contributed by atoms with Gasteiger partial charge in [0.25, 0.3) is 0 Å². The largest absolute Gasteiger partial charge is 0.369 e. The van der Waals surface area contributed by atoms with E-state index in [0.29, 0.717) is 24.0 Å². The van der Waals surface area contributed by atoms with E-state index in [1.165, 1.54) is 6.42 Å². The normalized spacial score (nSPS) is 45.0. The van der Waals surface area contributed by atoms with Gasteiger partial charge >= 0.3 is 0 Å². The van der Waals surface area contributed by atoms with Crippen molar-refractivity contribution in [3.05, 3.63) is 0 Å². The Bertz CT molecular complexity index is 196. The molecule has 4 unspecified atom stereocenters. The molecule has 76 valence electrons. The van der Waals surface area contributed by atoms with E-state index in [0.717, 1.165) is 6.61 Å². The minimum absolute atomic E-state index is 0.142. The maximum Gasteiger partial charge on any atom is 0.0942 e. The minimum Gasteiger partial charge on any atom is -0.369 e. The molecule has 0 bridgehead atoms. The third-order valence-corrected chi connectivity index (χ3v) is 3.44. The SMILES string of the molecule is CCC(C1OC1C(C)C)C1(C)CO1. The molecule has 2 saturated heterocycles. The van der Waals surface area contributed by atoms with Gasteiger partial charge in [-0.25, -0.2) is 0 Å². The van der Waals surface area contributed by atoms with E-state index in [-0.39, 0.29) is 5.60 Å². The first kappa shape index (κ1) is 9.47. The Balaban J connectivity index is 1.93. The van der Waals surface area contributed by atoms with Crippen molar-refractivity contribution in [3.8, 4) is 0 Å². The van der Waals surface area contributed by atoms with Gasteiger partial charge in [-0.2, -0.15) is 0 Å². The molecule has 13 heavy (non-hydrogen) atoms. The van der Waals surface area contributed by atoms with E-state index in [9.17, 15) is 0 Å². The minimum atomic E-state index is 0.142. The predicted molar refractivity (Wildman–Crippen MR) is 51.6 cm³/mol. The van der Waals surface area contributed by atoms with Crippen molar-refractivity contribution in [1.29, 1.82) is 0 Å². The van der Waals surface area contributed by atoms with E-state index in [1.807, 2.05) is 0 Å². The first-order valence-corrected chi connectivity index (χ1v) is 5.38. The summed E-state index contributed by atoms with van der Waals surface area (Å²) in [4.78, 5) is 0. The maximum absolute atomic E-state index is 5.72. The second kappa shape index (κ2) is 2.96. The zero-order valence-corrected chi connectivity index (χ0v) is 9.04. The first-order valence-electron chi connectivity index (χ1n) is 5.38. The van der Waals surface area contributed by atoms with Gasteiger partial charge in [-0.3, -0.25) is 0 Å². The number of hydrogen-bond donors (Lipinski definition) is 0. The summed E-state index contributed by atoms with van der Waals surface area (Å²) in [7, 11) is 0. The third kappa shape index (κ3) is 1.62. The molecule has 0 N–H and O–H groups in total. The van der Waals surface area contributed by atoms with Crippen molar-refractivity contribution in [2.75, 3.05) is 6.61 Å². The standard InChI is InChI=1S/C11H20O2/c1-5-8(11(4)6-12-11)10-9(13-10)7(2)3/h7-10H,5-6H2,1-4H3. The molecule has 0 aromatic carbocycles. The smallest absolute Gasteiger partial charge is 0.0942 e. The van der Waals surface area contributed by atoms with Crippen LogP contribution in [0.15, 0.2) is 0 Å². The second-order valence-electron chi connectivity index (χ2n) is 4.93. The number of hydrogen-bond acceptors (Lipinski definition) is 2. The Morgan fingerprint density at radius 3 is 2.31 bits per heavy atom. The fourth-order valence-corrected chi connectivity index (χ4v) is 2.34. The van der Waals surface area contributed by atoms with Crippen LogP contribution < -0.4 is 0 Å². The van der Waals surface area contributed by atoms with Crippen LogP contribution in [0, 0.1) is 11.8 Å². The summed E-state index contributed by atoms with van der Waals surface area (Å²) in [6, 6.07) is 0. The molecule has 0 aromatic rings. The Labute approximate surface area is 80.6 Å². The summed E-state index contributed by atoms with van der Waals surface area (Å²) in [6.45, 7) is 9.83. The summed E-state index contributed by atoms with van der Waals surface area (Å²) in [5, 5.41) is 0. The highest BCUT2D eigenvalue weighted by atomic mass is 16.6. The average Bonchev–Trinajstić information content (AvgIpc) is 2.89. The zero-order chi connectivity index (χ0) is 9.64. The van der Waals surface area contributed by atoms with Crippen LogP contribution in [-0.4, -0.2) is 24.4 Å². The van der Waals surface area contributed by atoms with Crippen LogP contribution in [0.25, 0.3) is 0 Å². The van der Waals surface area contributed by atoms with E-state index >= 15 is 0 Å². The zero-order valence-electron chi connectivity index (χ0n) is 9.04. The molecule has 0 radical (unpaired) electrons. The van der Waals surface area contributed by atoms with Crippen LogP contribution in [0.2, 0.25) is 0 Å². The van der Waals surface area contributed by atoms with Gasteiger partial charge in [-0.1, -0.05) is 20.8 Å². The van der Waals surface area contributed by atoms with Crippen LogP contribution >= 0.6 is 0 Å². The van der Waals surface area contributed by atoms with Crippen molar-refractivity contribution >= 4 is 0 Å². The maximum atomic E-state index is 5.72. The summed E-state index contributed by atoms with van der Waals surface area (Å²) in [5.74, 6) is 1.27. The molecule has 2 aliphatic rings. The highest BCUT2D eigenvalue weighted by molar-refractivity contribution is 5.04. The first-order chi connectivity index (χ1) is 6.08. The topological polar surface area (TPSA) is 25.1 Å². The Hall–Kier alpha value is -0.0800. The molecule has 0 spiro atoms. The average molecular weight is 184 g/mol. The third-order valence-electron chi connectivity index (χ3n) is 3.44. The van der Waals surface area contributed by atoms with Gasteiger partial charge in [0.2, 0.25) is 0 Å². The van der Waals surface area contributed by atoms with Crippen molar-refractivity contribution in [2.45, 2.75) is 51.9 Å². The molecule has 0 amide bonds. The molecule has 0 saturated carbocycles. The van der Waals surface area contributed by atoms with E-state index in [4.69, 9.17) is 9.47 Å². The fraction of sp³-hybridized carbons (Fsp3) is 1.00. The summed E-state index contributed by atoms with van der Waals surface area (Å²) in [6.07, 6.45) is 2.13. The number of rotatable bonds is 4. The van der Waals surface area contributed by atoms with Crippen LogP contribution in [0.3, 0.4) is 0 Å². The summed E-state index contributed by atoms with van der Waals surface area (Å²) in [5.41, 5.74) is 0.142. The van der Waals surface area contributed by atoms with Gasteiger partial charge in [0.1, 0.15) is 0 Å². The molecule has 2 rings (SSSR count). The molecule has 2 nitrogen and oxygen atoms in total. The van der Waals surface area contributed by atoms with E-state index in [2.05, 4.69) is 27.7 Å². The molecular weight excluding hydrogens is 164 g/mol. The van der Waals surface area contributed by atoms with Crippen molar-refractivity contribution in [2.24, 2.45) is 11.8 Å². The highest BCUT2D eigenvalue weighted by Gasteiger charge is 2.57. The van der Waals surface area contributed by atoms with Crippen molar-refractivity contribution < 1.29 is 9.47 Å². The molecular formula is C11H20O2. The monoisotopic (exact) mass is 184 g/mol. The van der Waals surface area contributed by atoms with Crippen LogP contribution in [0.1, 0.15) is 34.1 Å². The van der Waals surface area contributed by atoms with Crippen LogP contribution in [0.4, 0.5) is 0 Å². The summed E-state index contributed by atoms with van der Waals surface area (Å²) < 4.78 is 11.2. The quantitative estimate of drug-likeness (QED) is 0.626. The fourth-order valence-electron chi connectivity index (χ4n) is 2.34. The summed E-state index contributed by atoms with van der Waals surface area (Å²) >= 11 is 0. The van der Waals surface area contributed by atoms with Gasteiger partial charge in [0.15, 0.2) is 0 Å².